The van der Waals surface area contributed by atoms with E-state index in [1.165, 1.54) is 0 Å². The van der Waals surface area contributed by atoms with Crippen LogP contribution in [0.25, 0.3) is 28.0 Å². The average Bonchev–Trinajstić information content (AvgIpc) is 3.29. The summed E-state index contributed by atoms with van der Waals surface area (Å²) in [5.74, 6) is 1.27. The zero-order chi connectivity index (χ0) is 27.0. The van der Waals surface area contributed by atoms with E-state index in [2.05, 4.69) is 4.90 Å². The van der Waals surface area contributed by atoms with Gasteiger partial charge in [-0.3, -0.25) is 4.79 Å². The number of amides is 1. The molecule has 2 aromatic carbocycles. The van der Waals surface area contributed by atoms with Crippen molar-refractivity contribution in [2.75, 3.05) is 43.1 Å². The predicted molar refractivity (Wildman–Crippen MR) is 153 cm³/mol. The van der Waals surface area contributed by atoms with Crippen LogP contribution in [0.5, 0.6) is 0 Å². The second-order valence-electron chi connectivity index (χ2n) is 9.98. The molecule has 198 valence electrons. The molecule has 4 aromatic rings. The number of hydrogen-bond acceptors (Lipinski definition) is 6. The van der Waals surface area contributed by atoms with E-state index in [1.54, 1.807) is 0 Å². The predicted octanol–water partition coefficient (Wildman–Crippen LogP) is 4.89. The maximum Gasteiger partial charge on any atom is 0.223 e. The van der Waals surface area contributed by atoms with Crippen LogP contribution >= 0.6 is 23.2 Å². The Morgan fingerprint density at radius 1 is 1.13 bits per heavy atom. The van der Waals surface area contributed by atoms with Gasteiger partial charge in [-0.15, -0.1) is 0 Å². The number of primary amides is 1. The number of piperidine rings is 1. The van der Waals surface area contributed by atoms with Crippen molar-refractivity contribution in [1.82, 2.24) is 14.6 Å². The molecule has 0 spiro atoms. The van der Waals surface area contributed by atoms with Crippen molar-refractivity contribution in [1.29, 1.82) is 0 Å². The molecule has 1 aliphatic rings. The number of hydrogen-bond donors (Lipinski definition) is 2. The molecule has 3 N–H and O–H groups in total. The quantitative estimate of drug-likeness (QED) is 0.338. The molecule has 1 amide bonds. The van der Waals surface area contributed by atoms with Gasteiger partial charge in [-0.25, -0.2) is 4.98 Å². The Hall–Kier alpha value is -3.33. The summed E-state index contributed by atoms with van der Waals surface area (Å²) in [5.41, 5.74) is 9.05. The van der Waals surface area contributed by atoms with Crippen LogP contribution < -0.4 is 15.5 Å². The lowest BCUT2D eigenvalue weighted by molar-refractivity contribution is -0.127. The summed E-state index contributed by atoms with van der Waals surface area (Å²) in [6.45, 7) is 3.62. The summed E-state index contributed by atoms with van der Waals surface area (Å²) in [6, 6.07) is 17.2. The van der Waals surface area contributed by atoms with Crippen LogP contribution in [0.4, 0.5) is 11.6 Å². The molecule has 2 aromatic heterocycles. The van der Waals surface area contributed by atoms with Gasteiger partial charge in [0.15, 0.2) is 5.65 Å². The van der Waals surface area contributed by atoms with Crippen LogP contribution in [-0.4, -0.2) is 58.9 Å². The van der Waals surface area contributed by atoms with Crippen LogP contribution in [0.1, 0.15) is 19.8 Å². The zero-order valence-electron chi connectivity index (χ0n) is 21.4. The number of aliphatic hydroxyl groups is 1. The first kappa shape index (κ1) is 26.3. The number of halogens is 2. The molecule has 1 saturated heterocycles. The highest BCUT2D eigenvalue weighted by molar-refractivity contribution is 6.33. The van der Waals surface area contributed by atoms with Gasteiger partial charge in [0.1, 0.15) is 17.3 Å². The highest BCUT2D eigenvalue weighted by Crippen LogP contribution is 2.41. The van der Waals surface area contributed by atoms with Gasteiger partial charge in [-0.2, -0.15) is 9.61 Å². The van der Waals surface area contributed by atoms with Crippen molar-refractivity contribution in [3.63, 3.8) is 0 Å². The van der Waals surface area contributed by atoms with Crippen molar-refractivity contribution < 1.29 is 9.90 Å². The third-order valence-electron chi connectivity index (χ3n) is 7.43. The summed E-state index contributed by atoms with van der Waals surface area (Å²) < 4.78 is 1.85. The summed E-state index contributed by atoms with van der Waals surface area (Å²) in [4.78, 5) is 21.2. The van der Waals surface area contributed by atoms with Crippen LogP contribution in [0.15, 0.2) is 54.6 Å². The number of rotatable bonds is 7. The Morgan fingerprint density at radius 3 is 2.45 bits per heavy atom. The van der Waals surface area contributed by atoms with E-state index in [0.29, 0.717) is 59.7 Å². The lowest BCUT2D eigenvalue weighted by Crippen LogP contribution is -2.46. The standard InChI is InChI=1S/C28H30Cl2N6O2/c1-28(27(31)38)11-13-35(14-12-28)23-17-22(34(2)15-16-37)32-26-24(18-7-9-19(29)10-8-18)25(33-36(23)26)20-5-3-4-6-21(20)30/h3-10,17,37H,11-16H2,1-2H3,(H2,31,38). The molecular weight excluding hydrogens is 523 g/mol. The number of fused-ring (bicyclic) bond motifs is 1. The Labute approximate surface area is 231 Å². The molecular formula is C28H30Cl2N6O2. The SMILES string of the molecule is CN(CCO)c1cc(N2CCC(C)(C(N)=O)CC2)n2nc(-c3ccccc3Cl)c(-c3ccc(Cl)cc3)c2n1. The Kier molecular flexibility index (Phi) is 7.22. The fourth-order valence-electron chi connectivity index (χ4n) is 4.87. The number of aromatic nitrogens is 3. The third kappa shape index (κ3) is 4.79. The number of benzene rings is 2. The largest absolute Gasteiger partial charge is 0.395 e. The summed E-state index contributed by atoms with van der Waals surface area (Å²) in [6.07, 6.45) is 1.27. The van der Waals surface area contributed by atoms with Gasteiger partial charge < -0.3 is 20.6 Å². The first-order valence-electron chi connectivity index (χ1n) is 12.5. The zero-order valence-corrected chi connectivity index (χ0v) is 22.9. The molecule has 0 atom stereocenters. The molecule has 8 nitrogen and oxygen atoms in total. The van der Waals surface area contributed by atoms with E-state index in [4.69, 9.17) is 39.0 Å². The molecule has 0 bridgehead atoms. The molecule has 0 aliphatic carbocycles. The van der Waals surface area contributed by atoms with Crippen LogP contribution in [0.2, 0.25) is 10.0 Å². The van der Waals surface area contributed by atoms with Crippen molar-refractivity contribution in [2.45, 2.75) is 19.8 Å². The highest BCUT2D eigenvalue weighted by atomic mass is 35.5. The normalized spacial score (nSPS) is 15.1. The van der Waals surface area contributed by atoms with Crippen molar-refractivity contribution in [2.24, 2.45) is 11.1 Å². The summed E-state index contributed by atoms with van der Waals surface area (Å²) in [5, 5.41) is 15.9. The van der Waals surface area contributed by atoms with E-state index in [0.717, 1.165) is 22.5 Å². The Bertz CT molecular complexity index is 1480. The summed E-state index contributed by atoms with van der Waals surface area (Å²) in [7, 11) is 1.90. The maximum atomic E-state index is 12.1. The fourth-order valence-corrected chi connectivity index (χ4v) is 5.23. The molecule has 0 radical (unpaired) electrons. The number of likely N-dealkylation sites (N-methyl/N-ethyl adjacent to an activating group) is 1. The first-order chi connectivity index (χ1) is 18.2. The second kappa shape index (κ2) is 10.4. The van der Waals surface area contributed by atoms with Crippen molar-refractivity contribution in [3.05, 3.63) is 64.6 Å². The van der Waals surface area contributed by atoms with Crippen molar-refractivity contribution >= 4 is 46.4 Å². The van der Waals surface area contributed by atoms with E-state index in [9.17, 15) is 9.90 Å². The number of anilines is 2. The van der Waals surface area contributed by atoms with Gasteiger partial charge in [0.2, 0.25) is 5.91 Å². The van der Waals surface area contributed by atoms with Crippen LogP contribution in [-0.2, 0) is 4.79 Å². The average molecular weight is 553 g/mol. The van der Waals surface area contributed by atoms with Crippen molar-refractivity contribution in [3.8, 4) is 22.4 Å². The second-order valence-corrected chi connectivity index (χ2v) is 10.8. The van der Waals surface area contributed by atoms with E-state index < -0.39 is 5.41 Å². The number of carbonyl (C=O) groups is 1. The molecule has 38 heavy (non-hydrogen) atoms. The molecule has 5 rings (SSSR count). The minimum atomic E-state index is -0.541. The monoisotopic (exact) mass is 552 g/mol. The summed E-state index contributed by atoms with van der Waals surface area (Å²) >= 11 is 12.9. The molecule has 0 saturated carbocycles. The van der Waals surface area contributed by atoms with Crippen LogP contribution in [0.3, 0.4) is 0 Å². The van der Waals surface area contributed by atoms with Gasteiger partial charge >= 0.3 is 0 Å². The first-order valence-corrected chi connectivity index (χ1v) is 13.3. The third-order valence-corrected chi connectivity index (χ3v) is 8.01. The molecule has 3 heterocycles. The number of aliphatic hydroxyl groups excluding tert-OH is 1. The number of nitrogens with two attached hydrogens (primary N) is 1. The number of carbonyl (C=O) groups excluding carboxylic acids is 1. The topological polar surface area (TPSA) is 100.0 Å². The number of nitrogens with zero attached hydrogens (tertiary/aromatic N) is 5. The van der Waals surface area contributed by atoms with E-state index in [-0.39, 0.29) is 12.5 Å². The lowest BCUT2D eigenvalue weighted by atomic mass is 9.80. The molecule has 10 heteroatoms. The minimum Gasteiger partial charge on any atom is -0.395 e. The molecule has 1 aliphatic heterocycles. The van der Waals surface area contributed by atoms with Crippen LogP contribution in [0, 0.1) is 5.41 Å². The van der Waals surface area contributed by atoms with Gasteiger partial charge in [0, 0.05) is 48.7 Å². The fraction of sp³-hybridized carbons (Fsp3) is 0.321. The highest BCUT2D eigenvalue weighted by Gasteiger charge is 2.36. The van der Waals surface area contributed by atoms with Gasteiger partial charge in [-0.05, 0) is 36.6 Å². The molecule has 1 fully saturated rings. The smallest absolute Gasteiger partial charge is 0.223 e. The molecule has 0 unspecified atom stereocenters. The van der Waals surface area contributed by atoms with E-state index in [1.807, 2.05) is 78.0 Å². The maximum absolute atomic E-state index is 12.1. The van der Waals surface area contributed by atoms with Gasteiger partial charge in [0.25, 0.3) is 0 Å². The van der Waals surface area contributed by atoms with Gasteiger partial charge in [0.05, 0.1) is 17.2 Å². The Balaban J connectivity index is 1.76. The minimum absolute atomic E-state index is 0.00640. The van der Waals surface area contributed by atoms with E-state index >= 15 is 0 Å². The Morgan fingerprint density at radius 2 is 1.82 bits per heavy atom. The van der Waals surface area contributed by atoms with Gasteiger partial charge in [-0.1, -0.05) is 60.5 Å². The lowest BCUT2D eigenvalue weighted by Gasteiger charge is -2.38.